The van der Waals surface area contributed by atoms with Crippen molar-refractivity contribution in [1.82, 2.24) is 29.9 Å². The fourth-order valence-electron chi connectivity index (χ4n) is 2.81. The topological polar surface area (TPSA) is 86.0 Å². The first-order chi connectivity index (χ1) is 11.3. The van der Waals surface area contributed by atoms with Crippen LogP contribution in [0.1, 0.15) is 33.6 Å². The number of nitrogens with zero attached hydrogens (tertiary/aromatic N) is 6. The lowest BCUT2D eigenvalue weighted by Crippen LogP contribution is -2.43. The van der Waals surface area contributed by atoms with Gasteiger partial charge >= 0.3 is 6.09 Å². The molecule has 0 saturated carbocycles. The quantitative estimate of drug-likeness (QED) is 0.775. The Hall–Kier alpha value is -1.77. The van der Waals surface area contributed by atoms with Gasteiger partial charge in [0.2, 0.25) is 5.65 Å². The summed E-state index contributed by atoms with van der Waals surface area (Å²) in [6.45, 7) is 7.67. The zero-order chi connectivity index (χ0) is 17.3. The molecule has 0 bridgehead atoms. The molecule has 1 aliphatic heterocycles. The molecule has 2 aromatic rings. The summed E-state index contributed by atoms with van der Waals surface area (Å²) in [6.07, 6.45) is 3.33. The number of carbonyl (C=O) groups is 1. The van der Waals surface area contributed by atoms with Crippen molar-refractivity contribution in [2.24, 2.45) is 5.92 Å². The van der Waals surface area contributed by atoms with Gasteiger partial charge in [-0.25, -0.2) is 19.4 Å². The maximum atomic E-state index is 12.3. The molecule has 1 atom stereocenters. The van der Waals surface area contributed by atoms with E-state index < -0.39 is 5.60 Å². The molecular weight excluding hydrogens is 376 g/mol. The number of amides is 1. The van der Waals surface area contributed by atoms with Gasteiger partial charge in [0.1, 0.15) is 10.2 Å². The first-order valence-electron chi connectivity index (χ1n) is 8.01. The highest BCUT2D eigenvalue weighted by atomic mass is 79.9. The van der Waals surface area contributed by atoms with Crippen LogP contribution >= 0.6 is 15.9 Å². The summed E-state index contributed by atoms with van der Waals surface area (Å²) >= 11 is 3.32. The number of halogens is 1. The van der Waals surface area contributed by atoms with Crippen molar-refractivity contribution < 1.29 is 9.53 Å². The van der Waals surface area contributed by atoms with E-state index in [4.69, 9.17) is 4.74 Å². The molecule has 1 fully saturated rings. The van der Waals surface area contributed by atoms with E-state index in [2.05, 4.69) is 36.2 Å². The first-order valence-corrected chi connectivity index (χ1v) is 8.81. The van der Waals surface area contributed by atoms with Crippen LogP contribution in [0.5, 0.6) is 0 Å². The number of hydrogen-bond acceptors (Lipinski definition) is 6. The summed E-state index contributed by atoms with van der Waals surface area (Å²) in [7, 11) is 0. The Morgan fingerprint density at radius 1 is 1.46 bits per heavy atom. The number of ether oxygens (including phenoxy) is 1. The van der Waals surface area contributed by atoms with Crippen molar-refractivity contribution >= 4 is 33.3 Å². The van der Waals surface area contributed by atoms with Gasteiger partial charge in [0.05, 0.1) is 6.20 Å². The molecule has 1 aliphatic rings. The van der Waals surface area contributed by atoms with Gasteiger partial charge in [0, 0.05) is 19.6 Å². The van der Waals surface area contributed by atoms with Gasteiger partial charge in [-0.1, -0.05) is 5.21 Å². The number of piperidine rings is 1. The van der Waals surface area contributed by atoms with Crippen molar-refractivity contribution in [2.45, 2.75) is 45.8 Å². The Labute approximate surface area is 148 Å². The average molecular weight is 397 g/mol. The number of aromatic nitrogens is 5. The average Bonchev–Trinajstić information content (AvgIpc) is 2.88. The molecule has 9 heteroatoms. The zero-order valence-electron chi connectivity index (χ0n) is 14.1. The second-order valence-corrected chi connectivity index (χ2v) is 7.86. The van der Waals surface area contributed by atoms with E-state index in [1.165, 1.54) is 0 Å². The monoisotopic (exact) mass is 396 g/mol. The molecule has 8 nitrogen and oxygen atoms in total. The lowest BCUT2D eigenvalue weighted by Gasteiger charge is -2.34. The van der Waals surface area contributed by atoms with Gasteiger partial charge < -0.3 is 9.64 Å². The van der Waals surface area contributed by atoms with Gasteiger partial charge in [0.15, 0.2) is 5.65 Å². The molecule has 24 heavy (non-hydrogen) atoms. The molecule has 0 aromatic carbocycles. The Kier molecular flexibility index (Phi) is 4.71. The molecular formula is C15H21BrN6O2. The smallest absolute Gasteiger partial charge is 0.410 e. The summed E-state index contributed by atoms with van der Waals surface area (Å²) in [5, 5.41) is 8.19. The first kappa shape index (κ1) is 17.1. The van der Waals surface area contributed by atoms with Crippen LogP contribution in [0.4, 0.5) is 4.79 Å². The Balaban J connectivity index is 1.68. The SMILES string of the molecule is CC(C)(C)OC(=O)N1CCCC(Cn2nnc3ncc(Br)nc32)C1. The lowest BCUT2D eigenvalue weighted by atomic mass is 9.98. The van der Waals surface area contributed by atoms with Crippen LogP contribution < -0.4 is 0 Å². The van der Waals surface area contributed by atoms with E-state index in [-0.39, 0.29) is 12.0 Å². The molecule has 3 heterocycles. The van der Waals surface area contributed by atoms with Crippen LogP contribution in [0.2, 0.25) is 0 Å². The minimum absolute atomic E-state index is 0.252. The number of rotatable bonds is 2. The van der Waals surface area contributed by atoms with Gasteiger partial charge in [-0.15, -0.1) is 5.10 Å². The molecule has 0 spiro atoms. The molecule has 0 radical (unpaired) electrons. The van der Waals surface area contributed by atoms with Crippen molar-refractivity contribution in [1.29, 1.82) is 0 Å². The fraction of sp³-hybridized carbons (Fsp3) is 0.667. The summed E-state index contributed by atoms with van der Waals surface area (Å²) in [4.78, 5) is 22.6. The second-order valence-electron chi connectivity index (χ2n) is 7.05. The minimum atomic E-state index is -0.478. The third-order valence-electron chi connectivity index (χ3n) is 3.80. The van der Waals surface area contributed by atoms with Gasteiger partial charge in [-0.3, -0.25) is 0 Å². The van der Waals surface area contributed by atoms with Crippen molar-refractivity contribution in [3.05, 3.63) is 10.8 Å². The molecule has 1 amide bonds. The number of likely N-dealkylation sites (tertiary alicyclic amines) is 1. The van der Waals surface area contributed by atoms with E-state index in [1.54, 1.807) is 15.8 Å². The van der Waals surface area contributed by atoms with Crippen LogP contribution in [-0.2, 0) is 11.3 Å². The van der Waals surface area contributed by atoms with Crippen LogP contribution in [0, 0.1) is 5.92 Å². The molecule has 0 aliphatic carbocycles. The number of hydrogen-bond donors (Lipinski definition) is 0. The third-order valence-corrected chi connectivity index (χ3v) is 4.18. The summed E-state index contributed by atoms with van der Waals surface area (Å²) in [6, 6.07) is 0. The Morgan fingerprint density at radius 3 is 3.00 bits per heavy atom. The number of fused-ring (bicyclic) bond motifs is 1. The molecule has 0 N–H and O–H groups in total. The third kappa shape index (κ3) is 4.00. The van der Waals surface area contributed by atoms with E-state index in [9.17, 15) is 4.79 Å². The molecule has 1 unspecified atom stereocenters. The normalized spacial score (nSPS) is 18.8. The van der Waals surface area contributed by atoms with Gasteiger partial charge in [-0.2, -0.15) is 0 Å². The van der Waals surface area contributed by atoms with Gasteiger partial charge in [0.25, 0.3) is 0 Å². The van der Waals surface area contributed by atoms with Gasteiger partial charge in [-0.05, 0) is 55.5 Å². The van der Waals surface area contributed by atoms with Crippen LogP contribution in [0.15, 0.2) is 10.8 Å². The fourth-order valence-corrected chi connectivity index (χ4v) is 3.08. The molecule has 130 valence electrons. The minimum Gasteiger partial charge on any atom is -0.444 e. The van der Waals surface area contributed by atoms with E-state index in [1.807, 2.05) is 20.8 Å². The van der Waals surface area contributed by atoms with Crippen molar-refractivity contribution in [2.75, 3.05) is 13.1 Å². The van der Waals surface area contributed by atoms with Crippen molar-refractivity contribution in [3.8, 4) is 0 Å². The maximum absolute atomic E-state index is 12.3. The lowest BCUT2D eigenvalue weighted by molar-refractivity contribution is 0.0155. The highest BCUT2D eigenvalue weighted by Crippen LogP contribution is 2.21. The Bertz CT molecular complexity index is 741. The van der Waals surface area contributed by atoms with E-state index in [0.717, 1.165) is 19.4 Å². The van der Waals surface area contributed by atoms with Crippen LogP contribution in [0.3, 0.4) is 0 Å². The maximum Gasteiger partial charge on any atom is 0.410 e. The summed E-state index contributed by atoms with van der Waals surface area (Å²) in [5.41, 5.74) is 0.699. The number of carbonyl (C=O) groups excluding carboxylic acids is 1. The van der Waals surface area contributed by atoms with E-state index >= 15 is 0 Å². The largest absolute Gasteiger partial charge is 0.444 e. The van der Waals surface area contributed by atoms with Crippen LogP contribution in [0.25, 0.3) is 11.3 Å². The summed E-state index contributed by atoms with van der Waals surface area (Å²) in [5.74, 6) is 0.289. The molecule has 2 aromatic heterocycles. The predicted molar refractivity (Wildman–Crippen MR) is 91.3 cm³/mol. The van der Waals surface area contributed by atoms with E-state index in [0.29, 0.717) is 29.0 Å². The molecule has 1 saturated heterocycles. The highest BCUT2D eigenvalue weighted by molar-refractivity contribution is 9.10. The zero-order valence-corrected chi connectivity index (χ0v) is 15.7. The van der Waals surface area contributed by atoms with Crippen LogP contribution in [-0.4, -0.2) is 54.6 Å². The van der Waals surface area contributed by atoms with Crippen molar-refractivity contribution in [3.63, 3.8) is 0 Å². The second kappa shape index (κ2) is 6.62. The predicted octanol–water partition coefficient (Wildman–Crippen LogP) is 2.63. The molecule has 3 rings (SSSR count). The Morgan fingerprint density at radius 2 is 2.25 bits per heavy atom. The highest BCUT2D eigenvalue weighted by Gasteiger charge is 2.28. The standard InChI is InChI=1S/C15H21BrN6O2/c1-15(2,3)24-14(23)21-6-4-5-10(8-21)9-22-13-12(19-20-22)17-7-11(16)18-13/h7,10H,4-6,8-9H2,1-3H3. The summed E-state index contributed by atoms with van der Waals surface area (Å²) < 4.78 is 7.88.